The highest BCUT2D eigenvalue weighted by atomic mass is 19.4. The SMILES string of the molecule is COC1(C)CN(c2nc(C(=O)Nc3ccc(OC4CCC(C)C4)c(C#N)c3)c(CC(F)(F)F)o2)C1. The lowest BCUT2D eigenvalue weighted by Gasteiger charge is -2.45. The van der Waals surface area contributed by atoms with Crippen molar-refractivity contribution in [2.45, 2.75) is 57.4 Å². The molecule has 1 aliphatic carbocycles. The van der Waals surface area contributed by atoms with Crippen LogP contribution in [0.25, 0.3) is 0 Å². The minimum Gasteiger partial charge on any atom is -0.489 e. The summed E-state index contributed by atoms with van der Waals surface area (Å²) in [6.45, 7) is 4.73. The molecule has 1 amide bonds. The van der Waals surface area contributed by atoms with Crippen LogP contribution in [0.15, 0.2) is 22.6 Å². The number of carbonyl (C=O) groups excluding carboxylic acids is 1. The average molecular weight is 492 g/mol. The molecule has 2 aromatic rings. The van der Waals surface area contributed by atoms with E-state index in [9.17, 15) is 23.2 Å². The summed E-state index contributed by atoms with van der Waals surface area (Å²) >= 11 is 0. The standard InChI is InChI=1S/C24H27F3N4O4/c1-14-4-6-17(8-14)34-18-7-5-16(9-15(18)11-28)29-21(32)20-19(10-24(25,26)27)35-22(30-20)31-12-23(2,13-31)33-3/h5,7,9,14,17H,4,6,8,10,12-13H2,1-3H3,(H,29,32). The number of oxazole rings is 1. The third-order valence-corrected chi connectivity index (χ3v) is 6.37. The van der Waals surface area contributed by atoms with Crippen LogP contribution < -0.4 is 15.0 Å². The second-order valence-corrected chi connectivity index (χ2v) is 9.51. The first kappa shape index (κ1) is 24.9. The van der Waals surface area contributed by atoms with Crippen molar-refractivity contribution in [1.82, 2.24) is 4.98 Å². The number of amides is 1. The van der Waals surface area contributed by atoms with Crippen molar-refractivity contribution < 1.29 is 31.9 Å². The summed E-state index contributed by atoms with van der Waals surface area (Å²) in [6.07, 6.45) is -3.14. The number of nitriles is 1. The maximum atomic E-state index is 13.1. The topological polar surface area (TPSA) is 101 Å². The summed E-state index contributed by atoms with van der Waals surface area (Å²) in [5.41, 5.74) is -0.466. The zero-order chi connectivity index (χ0) is 25.4. The Hall–Kier alpha value is -3.26. The number of nitrogens with zero attached hydrogens (tertiary/aromatic N) is 3. The molecule has 2 heterocycles. The molecule has 2 aliphatic rings. The number of alkyl halides is 3. The molecule has 1 aromatic heterocycles. The zero-order valence-corrected chi connectivity index (χ0v) is 19.7. The first-order chi connectivity index (χ1) is 16.5. The van der Waals surface area contributed by atoms with Gasteiger partial charge in [0.15, 0.2) is 5.69 Å². The number of ether oxygens (including phenoxy) is 2. The van der Waals surface area contributed by atoms with Gasteiger partial charge < -0.3 is 24.1 Å². The van der Waals surface area contributed by atoms with Gasteiger partial charge in [0.1, 0.15) is 29.6 Å². The summed E-state index contributed by atoms with van der Waals surface area (Å²) in [6, 6.07) is 6.51. The molecule has 1 N–H and O–H groups in total. The summed E-state index contributed by atoms with van der Waals surface area (Å²) in [5.74, 6) is -0.477. The number of carbonyl (C=O) groups is 1. The summed E-state index contributed by atoms with van der Waals surface area (Å²) < 4.78 is 56.0. The van der Waals surface area contributed by atoms with Crippen LogP contribution in [0.1, 0.15) is 54.9 Å². The summed E-state index contributed by atoms with van der Waals surface area (Å²) in [7, 11) is 1.54. The number of anilines is 2. The Morgan fingerprint density at radius 1 is 1.37 bits per heavy atom. The van der Waals surface area contributed by atoms with Crippen LogP contribution in [0.3, 0.4) is 0 Å². The second-order valence-electron chi connectivity index (χ2n) is 9.51. The quantitative estimate of drug-likeness (QED) is 0.598. The van der Waals surface area contributed by atoms with Gasteiger partial charge in [0.2, 0.25) is 0 Å². The van der Waals surface area contributed by atoms with E-state index in [0.29, 0.717) is 24.8 Å². The molecule has 1 aliphatic heterocycles. The summed E-state index contributed by atoms with van der Waals surface area (Å²) in [5, 5.41) is 12.1. The van der Waals surface area contributed by atoms with Gasteiger partial charge in [-0.2, -0.15) is 23.4 Å². The molecule has 2 fully saturated rings. The van der Waals surface area contributed by atoms with Gasteiger partial charge in [-0.15, -0.1) is 0 Å². The number of hydrogen-bond acceptors (Lipinski definition) is 7. The Morgan fingerprint density at radius 3 is 2.71 bits per heavy atom. The number of nitrogens with one attached hydrogen (secondary N) is 1. The second kappa shape index (κ2) is 9.41. The van der Waals surface area contributed by atoms with Crippen molar-refractivity contribution in [3.05, 3.63) is 35.2 Å². The molecule has 2 unspecified atom stereocenters. The largest absolute Gasteiger partial charge is 0.489 e. The molecule has 0 radical (unpaired) electrons. The smallest absolute Gasteiger partial charge is 0.396 e. The van der Waals surface area contributed by atoms with Crippen molar-refractivity contribution in [3.8, 4) is 11.8 Å². The Balaban J connectivity index is 1.52. The highest BCUT2D eigenvalue weighted by Crippen LogP contribution is 2.34. The van der Waals surface area contributed by atoms with E-state index in [1.54, 1.807) is 18.1 Å². The Labute approximate surface area is 201 Å². The molecule has 1 aromatic carbocycles. The van der Waals surface area contributed by atoms with Gasteiger partial charge in [-0.3, -0.25) is 4.79 Å². The highest BCUT2D eigenvalue weighted by Gasteiger charge is 2.43. The Kier molecular flexibility index (Phi) is 6.68. The van der Waals surface area contributed by atoms with Gasteiger partial charge in [-0.25, -0.2) is 0 Å². The highest BCUT2D eigenvalue weighted by molar-refractivity contribution is 6.04. The maximum Gasteiger partial charge on any atom is 0.396 e. The number of rotatable bonds is 7. The molecular weight excluding hydrogens is 465 g/mol. The van der Waals surface area contributed by atoms with Crippen molar-refractivity contribution >= 4 is 17.6 Å². The van der Waals surface area contributed by atoms with Crippen molar-refractivity contribution in [2.75, 3.05) is 30.4 Å². The van der Waals surface area contributed by atoms with Gasteiger partial charge in [0, 0.05) is 12.8 Å². The predicted molar refractivity (Wildman–Crippen MR) is 120 cm³/mol. The van der Waals surface area contributed by atoms with E-state index in [4.69, 9.17) is 13.9 Å². The van der Waals surface area contributed by atoms with Crippen LogP contribution in [-0.4, -0.2) is 49.0 Å². The molecule has 0 spiro atoms. The third kappa shape index (κ3) is 5.70. The fourth-order valence-electron chi connectivity index (χ4n) is 4.41. The number of halogens is 3. The third-order valence-electron chi connectivity index (χ3n) is 6.37. The number of hydrogen-bond donors (Lipinski definition) is 1. The first-order valence-electron chi connectivity index (χ1n) is 11.4. The number of aromatic nitrogens is 1. The molecular formula is C24H27F3N4O4. The van der Waals surface area contributed by atoms with E-state index in [1.807, 2.05) is 13.0 Å². The minimum atomic E-state index is -4.59. The van der Waals surface area contributed by atoms with Crippen molar-refractivity contribution in [2.24, 2.45) is 5.92 Å². The van der Waals surface area contributed by atoms with E-state index in [0.717, 1.165) is 19.3 Å². The maximum absolute atomic E-state index is 13.1. The molecule has 1 saturated carbocycles. The van der Waals surface area contributed by atoms with Crippen LogP contribution >= 0.6 is 0 Å². The van der Waals surface area contributed by atoms with Crippen LogP contribution in [0.5, 0.6) is 5.75 Å². The van der Waals surface area contributed by atoms with Gasteiger partial charge in [-0.1, -0.05) is 6.92 Å². The van der Waals surface area contributed by atoms with E-state index in [2.05, 4.69) is 17.2 Å². The minimum absolute atomic E-state index is 0.0255. The van der Waals surface area contributed by atoms with Gasteiger partial charge in [0.25, 0.3) is 11.9 Å². The number of benzene rings is 1. The molecule has 4 rings (SSSR count). The Morgan fingerprint density at radius 2 is 2.11 bits per heavy atom. The van der Waals surface area contributed by atoms with Gasteiger partial charge >= 0.3 is 6.18 Å². The lowest BCUT2D eigenvalue weighted by Crippen LogP contribution is -2.61. The summed E-state index contributed by atoms with van der Waals surface area (Å²) in [4.78, 5) is 18.5. The van der Waals surface area contributed by atoms with Crippen LogP contribution in [0.2, 0.25) is 0 Å². The molecule has 1 saturated heterocycles. The number of methoxy groups -OCH3 is 1. The zero-order valence-electron chi connectivity index (χ0n) is 19.7. The van der Waals surface area contributed by atoms with Gasteiger partial charge in [0.05, 0.1) is 24.8 Å². The monoisotopic (exact) mass is 492 g/mol. The van der Waals surface area contributed by atoms with Crippen LogP contribution in [-0.2, 0) is 11.2 Å². The van der Waals surface area contributed by atoms with Crippen molar-refractivity contribution in [3.63, 3.8) is 0 Å². The first-order valence-corrected chi connectivity index (χ1v) is 11.4. The normalized spacial score (nSPS) is 21.3. The van der Waals surface area contributed by atoms with Crippen LogP contribution in [0.4, 0.5) is 24.9 Å². The average Bonchev–Trinajstić information content (AvgIpc) is 3.37. The molecule has 188 valence electrons. The van der Waals surface area contributed by atoms with E-state index >= 15 is 0 Å². The fourth-order valence-corrected chi connectivity index (χ4v) is 4.41. The van der Waals surface area contributed by atoms with E-state index in [1.165, 1.54) is 12.1 Å². The van der Waals surface area contributed by atoms with E-state index < -0.39 is 35.6 Å². The Bertz CT molecular complexity index is 1130. The van der Waals surface area contributed by atoms with Crippen molar-refractivity contribution in [1.29, 1.82) is 5.26 Å². The van der Waals surface area contributed by atoms with Gasteiger partial charge in [-0.05, 0) is 50.3 Å². The molecule has 2 atom stereocenters. The lowest BCUT2D eigenvalue weighted by atomic mass is 9.97. The fraction of sp³-hybridized carbons (Fsp3) is 0.542. The van der Waals surface area contributed by atoms with Crippen LogP contribution in [0, 0.1) is 17.2 Å². The molecule has 8 nitrogen and oxygen atoms in total. The van der Waals surface area contributed by atoms with E-state index in [-0.39, 0.29) is 23.4 Å². The molecule has 11 heteroatoms. The predicted octanol–water partition coefficient (Wildman–Crippen LogP) is 4.70. The molecule has 35 heavy (non-hydrogen) atoms. The lowest BCUT2D eigenvalue weighted by molar-refractivity contribution is -0.130. The molecule has 0 bridgehead atoms.